The Bertz CT molecular complexity index is 1170. The molecule has 5 nitrogen and oxygen atoms in total. The number of amides is 1. The molecule has 1 atom stereocenters. The Hall–Kier alpha value is -3.12. The first-order valence-corrected chi connectivity index (χ1v) is 12.5. The van der Waals surface area contributed by atoms with Crippen LogP contribution in [0.1, 0.15) is 45.5 Å². The number of nitrogens with one attached hydrogen (secondary N) is 1. The Kier molecular flexibility index (Phi) is 7.36. The molecule has 0 bridgehead atoms. The SMILES string of the molecule is Cc1ccc(C)c(N(Cc2ccc(C(=O)NCC(C)c3ccccc3)cc2)S(C)(=O)=O)c1. The number of sulfonamides is 1. The summed E-state index contributed by atoms with van der Waals surface area (Å²) in [4.78, 5) is 12.6. The van der Waals surface area contributed by atoms with Gasteiger partial charge in [-0.25, -0.2) is 8.42 Å². The number of aryl methyl sites for hydroxylation is 2. The zero-order valence-electron chi connectivity index (χ0n) is 19.0. The van der Waals surface area contributed by atoms with Gasteiger partial charge in [-0.15, -0.1) is 0 Å². The van der Waals surface area contributed by atoms with Gasteiger partial charge in [0.1, 0.15) is 0 Å². The van der Waals surface area contributed by atoms with Crippen LogP contribution in [-0.2, 0) is 16.6 Å². The average molecular weight is 451 g/mol. The first kappa shape index (κ1) is 23.5. The van der Waals surface area contributed by atoms with Crippen molar-refractivity contribution in [2.45, 2.75) is 33.2 Å². The quantitative estimate of drug-likeness (QED) is 0.536. The molecular formula is C26H30N2O3S. The number of carbonyl (C=O) groups is 1. The standard InChI is InChI=1S/C26H30N2O3S/c1-19-10-11-20(2)25(16-19)28(32(4,30)31)18-22-12-14-24(15-13-22)26(29)27-17-21(3)23-8-6-5-7-9-23/h5-16,21H,17-18H2,1-4H3,(H,27,29). The average Bonchev–Trinajstić information content (AvgIpc) is 2.77. The number of nitrogens with zero attached hydrogens (tertiary/aromatic N) is 1. The van der Waals surface area contributed by atoms with Gasteiger partial charge in [-0.05, 0) is 60.2 Å². The van der Waals surface area contributed by atoms with E-state index in [9.17, 15) is 13.2 Å². The highest BCUT2D eigenvalue weighted by Gasteiger charge is 2.20. The van der Waals surface area contributed by atoms with Crippen LogP contribution in [0.3, 0.4) is 0 Å². The second kappa shape index (κ2) is 10.0. The van der Waals surface area contributed by atoms with Gasteiger partial charge in [-0.1, -0.05) is 61.5 Å². The van der Waals surface area contributed by atoms with Crippen LogP contribution in [0.25, 0.3) is 0 Å². The van der Waals surface area contributed by atoms with Gasteiger partial charge in [0.2, 0.25) is 10.0 Å². The largest absolute Gasteiger partial charge is 0.351 e. The summed E-state index contributed by atoms with van der Waals surface area (Å²) in [5.74, 6) is 0.0640. The van der Waals surface area contributed by atoms with Gasteiger partial charge in [0.05, 0.1) is 18.5 Å². The van der Waals surface area contributed by atoms with E-state index in [4.69, 9.17) is 0 Å². The molecule has 1 N–H and O–H groups in total. The van der Waals surface area contributed by atoms with Gasteiger partial charge >= 0.3 is 0 Å². The van der Waals surface area contributed by atoms with E-state index < -0.39 is 10.0 Å². The molecule has 0 saturated carbocycles. The molecule has 0 aliphatic heterocycles. The first-order chi connectivity index (χ1) is 15.1. The van der Waals surface area contributed by atoms with E-state index in [1.54, 1.807) is 24.3 Å². The number of hydrogen-bond acceptors (Lipinski definition) is 3. The van der Waals surface area contributed by atoms with Crippen LogP contribution < -0.4 is 9.62 Å². The van der Waals surface area contributed by atoms with Gasteiger partial charge in [-0.2, -0.15) is 0 Å². The number of rotatable bonds is 8. The van der Waals surface area contributed by atoms with Crippen LogP contribution in [0, 0.1) is 13.8 Å². The molecule has 0 spiro atoms. The molecule has 0 aliphatic rings. The van der Waals surface area contributed by atoms with Crippen molar-refractivity contribution >= 4 is 21.6 Å². The third-order valence-corrected chi connectivity index (χ3v) is 6.64. The molecule has 0 aromatic heterocycles. The first-order valence-electron chi connectivity index (χ1n) is 10.6. The Labute approximate surface area is 191 Å². The molecule has 0 saturated heterocycles. The van der Waals surface area contributed by atoms with Crippen molar-refractivity contribution in [1.29, 1.82) is 0 Å². The van der Waals surface area contributed by atoms with E-state index in [1.165, 1.54) is 16.1 Å². The molecule has 3 aromatic carbocycles. The molecule has 3 aromatic rings. The normalized spacial score (nSPS) is 12.2. The molecule has 0 aliphatic carbocycles. The van der Waals surface area contributed by atoms with Crippen LogP contribution in [0.5, 0.6) is 0 Å². The fourth-order valence-electron chi connectivity index (χ4n) is 3.54. The van der Waals surface area contributed by atoms with Gasteiger partial charge in [0, 0.05) is 12.1 Å². The van der Waals surface area contributed by atoms with Crippen LogP contribution in [0.2, 0.25) is 0 Å². The van der Waals surface area contributed by atoms with Crippen molar-refractivity contribution in [2.24, 2.45) is 0 Å². The van der Waals surface area contributed by atoms with Crippen molar-refractivity contribution in [1.82, 2.24) is 5.32 Å². The van der Waals surface area contributed by atoms with Gasteiger partial charge in [0.15, 0.2) is 0 Å². The number of carbonyl (C=O) groups excluding carboxylic acids is 1. The summed E-state index contributed by atoms with van der Waals surface area (Å²) in [6.45, 7) is 6.66. The lowest BCUT2D eigenvalue weighted by Gasteiger charge is -2.25. The topological polar surface area (TPSA) is 66.5 Å². The van der Waals surface area contributed by atoms with E-state index in [2.05, 4.69) is 24.4 Å². The molecule has 6 heteroatoms. The minimum atomic E-state index is -3.47. The Morgan fingerprint density at radius 1 is 0.969 bits per heavy atom. The van der Waals surface area contributed by atoms with Gasteiger partial charge < -0.3 is 5.32 Å². The monoisotopic (exact) mass is 450 g/mol. The van der Waals surface area contributed by atoms with Crippen LogP contribution in [0.15, 0.2) is 72.8 Å². The summed E-state index contributed by atoms with van der Waals surface area (Å²) < 4.78 is 26.4. The number of hydrogen-bond donors (Lipinski definition) is 1. The lowest BCUT2D eigenvalue weighted by Crippen LogP contribution is -2.30. The summed E-state index contributed by atoms with van der Waals surface area (Å²) in [6.07, 6.45) is 1.21. The van der Waals surface area contributed by atoms with Crippen LogP contribution >= 0.6 is 0 Å². The molecule has 3 rings (SSSR count). The second-order valence-corrected chi connectivity index (χ2v) is 10.2. The Morgan fingerprint density at radius 3 is 2.25 bits per heavy atom. The summed E-state index contributed by atoms with van der Waals surface area (Å²) >= 11 is 0. The molecule has 1 amide bonds. The minimum Gasteiger partial charge on any atom is -0.351 e. The summed E-state index contributed by atoms with van der Waals surface area (Å²) in [5.41, 5.74) is 5.09. The van der Waals surface area contributed by atoms with Crippen molar-refractivity contribution in [2.75, 3.05) is 17.1 Å². The fraction of sp³-hybridized carbons (Fsp3) is 0.269. The lowest BCUT2D eigenvalue weighted by molar-refractivity contribution is 0.0951. The summed E-state index contributed by atoms with van der Waals surface area (Å²) in [5, 5.41) is 2.98. The fourth-order valence-corrected chi connectivity index (χ4v) is 4.48. The number of anilines is 1. The van der Waals surface area contributed by atoms with Crippen LogP contribution in [-0.4, -0.2) is 27.1 Å². The van der Waals surface area contributed by atoms with Gasteiger partial charge in [0.25, 0.3) is 5.91 Å². The van der Waals surface area contributed by atoms with E-state index in [0.717, 1.165) is 16.7 Å². The third-order valence-electron chi connectivity index (χ3n) is 5.51. The van der Waals surface area contributed by atoms with E-state index in [1.807, 2.05) is 50.2 Å². The Balaban J connectivity index is 1.70. The third kappa shape index (κ3) is 5.98. The highest BCUT2D eigenvalue weighted by atomic mass is 32.2. The zero-order valence-corrected chi connectivity index (χ0v) is 19.8. The van der Waals surface area contributed by atoms with Crippen molar-refractivity contribution in [3.05, 3.63) is 101 Å². The van der Waals surface area contributed by atoms with E-state index in [0.29, 0.717) is 17.8 Å². The molecular weight excluding hydrogens is 420 g/mol. The maximum Gasteiger partial charge on any atom is 0.251 e. The molecule has 32 heavy (non-hydrogen) atoms. The Morgan fingerprint density at radius 2 is 1.62 bits per heavy atom. The molecule has 0 fully saturated rings. The maximum atomic E-state index is 12.6. The zero-order chi connectivity index (χ0) is 23.3. The van der Waals surface area contributed by atoms with Crippen molar-refractivity contribution in [3.63, 3.8) is 0 Å². The lowest BCUT2D eigenvalue weighted by atomic mass is 10.0. The molecule has 1 unspecified atom stereocenters. The maximum absolute atomic E-state index is 12.6. The second-order valence-electron chi connectivity index (χ2n) is 8.28. The number of benzene rings is 3. The molecule has 168 valence electrons. The van der Waals surface area contributed by atoms with E-state index >= 15 is 0 Å². The minimum absolute atomic E-state index is 0.145. The van der Waals surface area contributed by atoms with Crippen molar-refractivity contribution < 1.29 is 13.2 Å². The summed E-state index contributed by atoms with van der Waals surface area (Å²) in [6, 6.07) is 22.9. The van der Waals surface area contributed by atoms with Crippen molar-refractivity contribution in [3.8, 4) is 0 Å². The van der Waals surface area contributed by atoms with Gasteiger partial charge in [-0.3, -0.25) is 9.10 Å². The summed E-state index contributed by atoms with van der Waals surface area (Å²) in [7, 11) is -3.47. The smallest absolute Gasteiger partial charge is 0.251 e. The highest BCUT2D eigenvalue weighted by Crippen LogP contribution is 2.26. The molecule has 0 heterocycles. The van der Waals surface area contributed by atoms with Crippen LogP contribution in [0.4, 0.5) is 5.69 Å². The predicted octanol–water partition coefficient (Wildman–Crippen LogP) is 4.80. The highest BCUT2D eigenvalue weighted by molar-refractivity contribution is 7.92. The molecule has 0 radical (unpaired) electrons. The van der Waals surface area contributed by atoms with E-state index in [-0.39, 0.29) is 18.4 Å². The predicted molar refractivity (Wildman–Crippen MR) is 131 cm³/mol.